The van der Waals surface area contributed by atoms with E-state index in [1.165, 1.54) is 12.8 Å². The van der Waals surface area contributed by atoms with Crippen LogP contribution in [-0.4, -0.2) is 28.1 Å². The van der Waals surface area contributed by atoms with E-state index in [0.717, 1.165) is 32.1 Å². The molecule has 3 atom stereocenters. The zero-order valence-electron chi connectivity index (χ0n) is 16.1. The fourth-order valence-electron chi connectivity index (χ4n) is 3.41. The molecule has 1 fully saturated rings. The third kappa shape index (κ3) is 9.77. The molecule has 1 saturated carbocycles. The second kappa shape index (κ2) is 13.6. The molecule has 0 spiro atoms. The Morgan fingerprint density at radius 1 is 1.04 bits per heavy atom. The number of rotatable bonds is 12. The second-order valence-electron chi connectivity index (χ2n) is 7.27. The average molecular weight is 363 g/mol. The van der Waals surface area contributed by atoms with Crippen LogP contribution in [0.15, 0.2) is 12.2 Å². The summed E-state index contributed by atoms with van der Waals surface area (Å²) in [5, 5.41) is 18.8. The fourth-order valence-corrected chi connectivity index (χ4v) is 3.41. The largest absolute Gasteiger partial charge is 0.481 e. The highest BCUT2D eigenvalue weighted by Gasteiger charge is 2.32. The van der Waals surface area contributed by atoms with Crippen LogP contribution in [0.5, 0.6) is 0 Å². The van der Waals surface area contributed by atoms with Crippen LogP contribution >= 0.6 is 0 Å². The van der Waals surface area contributed by atoms with Gasteiger partial charge in [0.15, 0.2) is 5.78 Å². The minimum absolute atomic E-state index is 0.102. The SMILES string of the molecule is CCCCCCC(=O)/C=C/C1CCC(O)C1CC#CCCCCC(=O)O. The molecule has 1 aliphatic carbocycles. The lowest BCUT2D eigenvalue weighted by Crippen LogP contribution is -2.17. The number of ketones is 1. The zero-order chi connectivity index (χ0) is 19.2. The predicted molar refractivity (Wildman–Crippen MR) is 104 cm³/mol. The van der Waals surface area contributed by atoms with Gasteiger partial charge in [0.05, 0.1) is 6.10 Å². The number of carbonyl (C=O) groups is 2. The number of hydrogen-bond acceptors (Lipinski definition) is 3. The Kier molecular flexibility index (Phi) is 11.7. The Hall–Kier alpha value is -1.60. The monoisotopic (exact) mass is 362 g/mol. The van der Waals surface area contributed by atoms with E-state index >= 15 is 0 Å². The molecule has 146 valence electrons. The molecule has 0 aliphatic heterocycles. The van der Waals surface area contributed by atoms with Gasteiger partial charge in [0, 0.05) is 31.6 Å². The maximum atomic E-state index is 11.9. The van der Waals surface area contributed by atoms with Crippen molar-refractivity contribution in [3.63, 3.8) is 0 Å². The van der Waals surface area contributed by atoms with E-state index in [2.05, 4.69) is 18.8 Å². The molecule has 1 aliphatic rings. The van der Waals surface area contributed by atoms with Crippen molar-refractivity contribution in [2.45, 2.75) is 90.1 Å². The zero-order valence-corrected chi connectivity index (χ0v) is 16.1. The summed E-state index contributed by atoms with van der Waals surface area (Å²) in [6.07, 6.45) is 13.1. The lowest BCUT2D eigenvalue weighted by Gasteiger charge is -2.16. The van der Waals surface area contributed by atoms with Crippen molar-refractivity contribution in [2.75, 3.05) is 0 Å². The molecule has 0 saturated heterocycles. The van der Waals surface area contributed by atoms with E-state index in [9.17, 15) is 14.7 Å². The van der Waals surface area contributed by atoms with Gasteiger partial charge in [0.25, 0.3) is 0 Å². The van der Waals surface area contributed by atoms with E-state index in [-0.39, 0.29) is 30.1 Å². The number of carboxylic acid groups (broad SMARTS) is 1. The number of unbranched alkanes of at least 4 members (excludes halogenated alkanes) is 5. The minimum atomic E-state index is -0.762. The van der Waals surface area contributed by atoms with E-state index in [1.54, 1.807) is 6.08 Å². The Morgan fingerprint density at radius 2 is 1.81 bits per heavy atom. The van der Waals surface area contributed by atoms with Crippen LogP contribution in [0.1, 0.15) is 84.0 Å². The Balaban J connectivity index is 2.33. The number of carboxylic acids is 1. The maximum Gasteiger partial charge on any atom is 0.303 e. The predicted octanol–water partition coefficient (Wildman–Crippen LogP) is 4.51. The molecule has 1 rings (SSSR count). The second-order valence-corrected chi connectivity index (χ2v) is 7.27. The van der Waals surface area contributed by atoms with Gasteiger partial charge in [-0.1, -0.05) is 32.3 Å². The van der Waals surface area contributed by atoms with Gasteiger partial charge in [-0.15, -0.1) is 11.8 Å². The normalized spacial score (nSPS) is 22.3. The molecule has 26 heavy (non-hydrogen) atoms. The number of allylic oxidation sites excluding steroid dienone is 2. The van der Waals surface area contributed by atoms with E-state index in [0.29, 0.717) is 25.7 Å². The van der Waals surface area contributed by atoms with E-state index in [4.69, 9.17) is 5.11 Å². The summed E-state index contributed by atoms with van der Waals surface area (Å²) in [4.78, 5) is 22.4. The standard InChI is InChI=1S/C22H34O4/c1-2-3-4-8-11-19(23)16-14-18-15-17-21(24)20(18)12-9-6-5-7-10-13-22(25)26/h14,16,18,20-21,24H,2-5,7-8,10-13,15,17H2,1H3,(H,25,26)/b16-14+. The molecule has 0 aromatic rings. The van der Waals surface area contributed by atoms with E-state index in [1.807, 2.05) is 6.08 Å². The average Bonchev–Trinajstić information content (AvgIpc) is 2.96. The van der Waals surface area contributed by atoms with E-state index < -0.39 is 5.97 Å². The summed E-state index contributed by atoms with van der Waals surface area (Å²) in [5.74, 6) is 5.98. The summed E-state index contributed by atoms with van der Waals surface area (Å²) in [5.41, 5.74) is 0. The molecular weight excluding hydrogens is 328 g/mol. The van der Waals surface area contributed by atoms with Crippen molar-refractivity contribution >= 4 is 11.8 Å². The molecule has 0 radical (unpaired) electrons. The molecule has 4 heteroatoms. The van der Waals surface area contributed by atoms with Gasteiger partial charge in [-0.25, -0.2) is 0 Å². The molecule has 0 bridgehead atoms. The molecule has 0 heterocycles. The Labute approximate surface area is 158 Å². The highest BCUT2D eigenvalue weighted by Crippen LogP contribution is 2.35. The molecule has 0 aromatic carbocycles. The summed E-state index contributed by atoms with van der Waals surface area (Å²) < 4.78 is 0. The summed E-state index contributed by atoms with van der Waals surface area (Å²) in [7, 11) is 0. The van der Waals surface area contributed by atoms with Crippen LogP contribution in [0.25, 0.3) is 0 Å². The molecule has 3 unspecified atom stereocenters. The van der Waals surface area contributed by atoms with Gasteiger partial charge in [-0.05, 0) is 44.1 Å². The topological polar surface area (TPSA) is 74.6 Å². The van der Waals surface area contributed by atoms with Gasteiger partial charge in [-0.3, -0.25) is 9.59 Å². The summed E-state index contributed by atoms with van der Waals surface area (Å²) in [6, 6.07) is 0. The van der Waals surface area contributed by atoms with Crippen LogP contribution in [0.4, 0.5) is 0 Å². The van der Waals surface area contributed by atoms with Crippen LogP contribution in [0, 0.1) is 23.7 Å². The first kappa shape index (κ1) is 22.4. The highest BCUT2D eigenvalue weighted by molar-refractivity contribution is 5.89. The first-order valence-electron chi connectivity index (χ1n) is 10.1. The van der Waals surface area contributed by atoms with Crippen LogP contribution in [0.3, 0.4) is 0 Å². The van der Waals surface area contributed by atoms with Gasteiger partial charge in [-0.2, -0.15) is 0 Å². The van der Waals surface area contributed by atoms with Gasteiger partial charge < -0.3 is 10.2 Å². The fraction of sp³-hybridized carbons (Fsp3) is 0.727. The maximum absolute atomic E-state index is 11.9. The van der Waals surface area contributed by atoms with Crippen molar-refractivity contribution in [1.82, 2.24) is 0 Å². The minimum Gasteiger partial charge on any atom is -0.481 e. The van der Waals surface area contributed by atoms with Crippen molar-refractivity contribution in [2.24, 2.45) is 11.8 Å². The van der Waals surface area contributed by atoms with Crippen molar-refractivity contribution in [3.05, 3.63) is 12.2 Å². The molecule has 0 aromatic heterocycles. The third-order valence-corrected chi connectivity index (χ3v) is 5.05. The number of aliphatic carboxylic acids is 1. The number of aliphatic hydroxyl groups excluding tert-OH is 1. The molecule has 2 N–H and O–H groups in total. The molecular formula is C22H34O4. The van der Waals surface area contributed by atoms with Crippen molar-refractivity contribution in [1.29, 1.82) is 0 Å². The van der Waals surface area contributed by atoms with Crippen LogP contribution in [0.2, 0.25) is 0 Å². The quantitative estimate of drug-likeness (QED) is 0.304. The summed E-state index contributed by atoms with van der Waals surface area (Å²) in [6.45, 7) is 2.16. The highest BCUT2D eigenvalue weighted by atomic mass is 16.4. The molecule has 0 amide bonds. The van der Waals surface area contributed by atoms with Gasteiger partial charge >= 0.3 is 5.97 Å². The van der Waals surface area contributed by atoms with Crippen molar-refractivity contribution < 1.29 is 19.8 Å². The lowest BCUT2D eigenvalue weighted by atomic mass is 9.91. The first-order valence-corrected chi connectivity index (χ1v) is 10.1. The van der Waals surface area contributed by atoms with Gasteiger partial charge in [0.1, 0.15) is 0 Å². The van der Waals surface area contributed by atoms with Gasteiger partial charge in [0.2, 0.25) is 0 Å². The molecule has 4 nitrogen and oxygen atoms in total. The Bertz CT molecular complexity index is 512. The lowest BCUT2D eigenvalue weighted by molar-refractivity contribution is -0.137. The summed E-state index contributed by atoms with van der Waals surface area (Å²) >= 11 is 0. The first-order chi connectivity index (χ1) is 12.5. The third-order valence-electron chi connectivity index (χ3n) is 5.05. The van der Waals surface area contributed by atoms with Crippen LogP contribution in [-0.2, 0) is 9.59 Å². The van der Waals surface area contributed by atoms with Crippen LogP contribution < -0.4 is 0 Å². The number of hydrogen-bond donors (Lipinski definition) is 2. The van der Waals surface area contributed by atoms with Crippen molar-refractivity contribution in [3.8, 4) is 11.8 Å². The smallest absolute Gasteiger partial charge is 0.303 e. The number of carbonyl (C=O) groups excluding carboxylic acids is 1. The Morgan fingerprint density at radius 3 is 2.54 bits per heavy atom. The number of aliphatic hydroxyl groups is 1.